The first-order chi connectivity index (χ1) is 8.09. The summed E-state index contributed by atoms with van der Waals surface area (Å²) in [7, 11) is 1.90. The normalized spacial score (nSPS) is 19.4. The second kappa shape index (κ2) is 5.35. The van der Waals surface area contributed by atoms with E-state index in [1.54, 1.807) is 0 Å². The Morgan fingerprint density at radius 2 is 2.29 bits per heavy atom. The molecule has 1 unspecified atom stereocenters. The maximum atomic E-state index is 12.3. The monoisotopic (exact) mass is 344 g/mol. The molecule has 92 valence electrons. The molecule has 0 aromatic heterocycles. The third kappa shape index (κ3) is 2.80. The number of carbonyl (C=O) groups is 1. The van der Waals surface area contributed by atoms with E-state index in [2.05, 4.69) is 34.8 Å². The molecule has 0 bridgehead atoms. The van der Waals surface area contributed by atoms with E-state index in [1.165, 1.54) is 5.56 Å². The highest BCUT2D eigenvalue weighted by atomic mass is 127. The number of amides is 1. The smallest absolute Gasteiger partial charge is 0.253 e. The van der Waals surface area contributed by atoms with Crippen LogP contribution in [-0.2, 0) is 0 Å². The van der Waals surface area contributed by atoms with Gasteiger partial charge in [0.05, 0.1) is 0 Å². The Kier molecular flexibility index (Phi) is 4.04. The Hall–Kier alpha value is -0.620. The van der Waals surface area contributed by atoms with Crippen molar-refractivity contribution < 1.29 is 4.79 Å². The zero-order valence-electron chi connectivity index (χ0n) is 10.2. The zero-order valence-corrected chi connectivity index (χ0v) is 12.3. The van der Waals surface area contributed by atoms with E-state index < -0.39 is 0 Å². The van der Waals surface area contributed by atoms with Gasteiger partial charge in [0.1, 0.15) is 0 Å². The molecule has 1 N–H and O–H groups in total. The highest BCUT2D eigenvalue weighted by molar-refractivity contribution is 14.1. The summed E-state index contributed by atoms with van der Waals surface area (Å²) in [6.45, 7) is 3.97. The average molecular weight is 344 g/mol. The van der Waals surface area contributed by atoms with Crippen molar-refractivity contribution in [3.05, 3.63) is 32.9 Å². The molecule has 1 aromatic carbocycles. The summed E-state index contributed by atoms with van der Waals surface area (Å²) in [6, 6.07) is 6.23. The van der Waals surface area contributed by atoms with Crippen molar-refractivity contribution in [3.8, 4) is 0 Å². The summed E-state index contributed by atoms with van der Waals surface area (Å²) < 4.78 is 1.14. The van der Waals surface area contributed by atoms with Crippen molar-refractivity contribution in [2.75, 3.05) is 20.1 Å². The number of likely N-dealkylation sites (N-methyl/N-ethyl adjacent to an activating group) is 1. The first kappa shape index (κ1) is 12.8. The third-order valence-electron chi connectivity index (χ3n) is 3.32. The van der Waals surface area contributed by atoms with Gasteiger partial charge in [-0.2, -0.15) is 0 Å². The van der Waals surface area contributed by atoms with E-state index in [-0.39, 0.29) is 5.91 Å². The predicted octanol–water partition coefficient (Wildman–Crippen LogP) is 2.03. The van der Waals surface area contributed by atoms with Crippen LogP contribution in [0.4, 0.5) is 0 Å². The molecule has 0 radical (unpaired) electrons. The average Bonchev–Trinajstić information content (AvgIpc) is 2.84. The second-order valence-electron chi connectivity index (χ2n) is 4.53. The van der Waals surface area contributed by atoms with Gasteiger partial charge in [-0.1, -0.05) is 6.07 Å². The minimum absolute atomic E-state index is 0.122. The van der Waals surface area contributed by atoms with Crippen molar-refractivity contribution in [2.45, 2.75) is 19.4 Å². The molecule has 1 fully saturated rings. The minimum atomic E-state index is 0.122. The molecule has 1 aliphatic rings. The van der Waals surface area contributed by atoms with Gasteiger partial charge in [-0.05, 0) is 60.2 Å². The summed E-state index contributed by atoms with van der Waals surface area (Å²) in [5, 5.41) is 3.28. The van der Waals surface area contributed by atoms with E-state index in [1.807, 2.05) is 30.1 Å². The fraction of sp³-hybridized carbons (Fsp3) is 0.462. The van der Waals surface area contributed by atoms with E-state index >= 15 is 0 Å². The molecule has 1 atom stereocenters. The van der Waals surface area contributed by atoms with E-state index in [0.29, 0.717) is 6.04 Å². The molecule has 0 saturated carbocycles. The molecule has 4 heteroatoms. The van der Waals surface area contributed by atoms with Gasteiger partial charge in [-0.15, -0.1) is 0 Å². The number of nitrogens with one attached hydrogen (secondary N) is 1. The highest BCUT2D eigenvalue weighted by Crippen LogP contribution is 2.16. The van der Waals surface area contributed by atoms with Gasteiger partial charge in [-0.3, -0.25) is 4.79 Å². The Morgan fingerprint density at radius 3 is 2.88 bits per heavy atom. The van der Waals surface area contributed by atoms with Crippen LogP contribution in [0.5, 0.6) is 0 Å². The molecular weight excluding hydrogens is 327 g/mol. The lowest BCUT2D eigenvalue weighted by atomic mass is 10.1. The van der Waals surface area contributed by atoms with Gasteiger partial charge in [0.15, 0.2) is 0 Å². The van der Waals surface area contributed by atoms with Crippen LogP contribution < -0.4 is 5.32 Å². The van der Waals surface area contributed by atoms with Crippen LogP contribution in [0.25, 0.3) is 0 Å². The Bertz CT molecular complexity index is 427. The van der Waals surface area contributed by atoms with Gasteiger partial charge < -0.3 is 10.2 Å². The topological polar surface area (TPSA) is 32.3 Å². The van der Waals surface area contributed by atoms with Crippen molar-refractivity contribution in [3.63, 3.8) is 0 Å². The van der Waals surface area contributed by atoms with Crippen molar-refractivity contribution in [2.24, 2.45) is 0 Å². The van der Waals surface area contributed by atoms with Gasteiger partial charge in [0.25, 0.3) is 5.91 Å². The van der Waals surface area contributed by atoms with E-state index in [0.717, 1.165) is 28.6 Å². The number of halogens is 1. The van der Waals surface area contributed by atoms with Crippen LogP contribution in [-0.4, -0.2) is 37.0 Å². The molecule has 3 nitrogen and oxygen atoms in total. The molecule has 1 aromatic rings. The molecule has 1 aliphatic heterocycles. The van der Waals surface area contributed by atoms with Crippen LogP contribution in [0, 0.1) is 10.5 Å². The fourth-order valence-electron chi connectivity index (χ4n) is 2.07. The Labute approximate surface area is 116 Å². The first-order valence-corrected chi connectivity index (χ1v) is 6.91. The van der Waals surface area contributed by atoms with Crippen LogP contribution in [0.3, 0.4) is 0 Å². The number of carbonyl (C=O) groups excluding carboxylic acids is 1. The molecule has 2 rings (SSSR count). The number of hydrogen-bond acceptors (Lipinski definition) is 2. The lowest BCUT2D eigenvalue weighted by molar-refractivity contribution is 0.0743. The molecule has 1 heterocycles. The molecule has 17 heavy (non-hydrogen) atoms. The largest absolute Gasteiger partial charge is 0.337 e. The molecular formula is C13H17IN2O. The predicted molar refractivity (Wildman–Crippen MR) is 77.3 cm³/mol. The second-order valence-corrected chi connectivity index (χ2v) is 5.69. The van der Waals surface area contributed by atoms with E-state index in [9.17, 15) is 4.79 Å². The van der Waals surface area contributed by atoms with Gasteiger partial charge in [0.2, 0.25) is 0 Å². The zero-order chi connectivity index (χ0) is 12.4. The number of benzene rings is 1. The van der Waals surface area contributed by atoms with E-state index in [4.69, 9.17) is 0 Å². The Morgan fingerprint density at radius 1 is 1.53 bits per heavy atom. The number of aryl methyl sites for hydroxylation is 1. The van der Waals surface area contributed by atoms with Crippen LogP contribution >= 0.6 is 22.6 Å². The maximum absolute atomic E-state index is 12.3. The Balaban J connectivity index is 2.15. The fourth-order valence-corrected chi connectivity index (χ4v) is 2.58. The molecule has 1 amide bonds. The summed E-state index contributed by atoms with van der Waals surface area (Å²) >= 11 is 2.27. The highest BCUT2D eigenvalue weighted by Gasteiger charge is 2.24. The third-order valence-corrected chi connectivity index (χ3v) is 4.48. The number of hydrogen-bond donors (Lipinski definition) is 1. The van der Waals surface area contributed by atoms with Crippen LogP contribution in [0.15, 0.2) is 18.2 Å². The number of nitrogens with zero attached hydrogens (tertiary/aromatic N) is 1. The van der Waals surface area contributed by atoms with Gasteiger partial charge in [0, 0.05) is 28.8 Å². The SMILES string of the molecule is Cc1ccc(C(=O)N(C)C2CCNC2)cc1I. The summed E-state index contributed by atoms with van der Waals surface area (Å²) in [4.78, 5) is 14.2. The summed E-state index contributed by atoms with van der Waals surface area (Å²) in [5.41, 5.74) is 2.00. The van der Waals surface area contributed by atoms with Crippen molar-refractivity contribution >= 4 is 28.5 Å². The van der Waals surface area contributed by atoms with Crippen LogP contribution in [0.1, 0.15) is 22.3 Å². The summed E-state index contributed by atoms with van der Waals surface area (Å²) in [6.07, 6.45) is 1.05. The number of rotatable bonds is 2. The standard InChI is InChI=1S/C13H17IN2O/c1-9-3-4-10(7-12(9)14)13(17)16(2)11-5-6-15-8-11/h3-4,7,11,15H,5-6,8H2,1-2H3. The quantitative estimate of drug-likeness (QED) is 0.833. The minimum Gasteiger partial charge on any atom is -0.337 e. The molecule has 0 aliphatic carbocycles. The van der Waals surface area contributed by atoms with Crippen LogP contribution in [0.2, 0.25) is 0 Å². The molecule has 1 saturated heterocycles. The van der Waals surface area contributed by atoms with Gasteiger partial charge >= 0.3 is 0 Å². The van der Waals surface area contributed by atoms with Crippen molar-refractivity contribution in [1.29, 1.82) is 0 Å². The van der Waals surface area contributed by atoms with Crippen molar-refractivity contribution in [1.82, 2.24) is 10.2 Å². The summed E-state index contributed by atoms with van der Waals surface area (Å²) in [5.74, 6) is 0.122. The lowest BCUT2D eigenvalue weighted by Gasteiger charge is -2.24. The molecule has 0 spiro atoms. The first-order valence-electron chi connectivity index (χ1n) is 5.83. The lowest BCUT2D eigenvalue weighted by Crippen LogP contribution is -2.38. The maximum Gasteiger partial charge on any atom is 0.253 e. The van der Waals surface area contributed by atoms with Gasteiger partial charge in [-0.25, -0.2) is 0 Å².